The first-order valence-electron chi connectivity index (χ1n) is 9.69. The Morgan fingerprint density at radius 1 is 1.21 bits per heavy atom. The van der Waals surface area contributed by atoms with Crippen molar-refractivity contribution in [3.8, 4) is 5.75 Å². The van der Waals surface area contributed by atoms with Gasteiger partial charge in [-0.15, -0.1) is 0 Å². The van der Waals surface area contributed by atoms with Gasteiger partial charge in [-0.25, -0.2) is 9.97 Å². The highest BCUT2D eigenvalue weighted by atomic mass is 31.1. The number of benzene rings is 1. The molecule has 1 unspecified atom stereocenters. The van der Waals surface area contributed by atoms with Gasteiger partial charge in [0.05, 0.1) is 25.2 Å². The summed E-state index contributed by atoms with van der Waals surface area (Å²) < 4.78 is 7.65. The Balaban J connectivity index is 1.66. The molecule has 3 rings (SSSR count). The van der Waals surface area contributed by atoms with Crippen LogP contribution in [0.15, 0.2) is 36.8 Å². The number of carbonyl (C=O) groups is 1. The fraction of sp³-hybridized carbons (Fsp3) is 0.381. The zero-order valence-corrected chi connectivity index (χ0v) is 17.4. The SMILES string of the molecule is CCc1cnc2cnc(Nc3ccc(PCCCCCC=O)cc3OC)cn12. The fourth-order valence-electron chi connectivity index (χ4n) is 3.07. The molecule has 0 bridgehead atoms. The van der Waals surface area contributed by atoms with Crippen LogP contribution in [0.4, 0.5) is 11.5 Å². The van der Waals surface area contributed by atoms with Gasteiger partial charge < -0.3 is 14.8 Å². The van der Waals surface area contributed by atoms with Crippen molar-refractivity contribution in [2.75, 3.05) is 18.6 Å². The van der Waals surface area contributed by atoms with Crippen LogP contribution < -0.4 is 15.4 Å². The van der Waals surface area contributed by atoms with Gasteiger partial charge in [-0.2, -0.15) is 0 Å². The van der Waals surface area contributed by atoms with Crippen LogP contribution in [0.1, 0.15) is 38.3 Å². The highest BCUT2D eigenvalue weighted by molar-refractivity contribution is 7.47. The molecule has 2 heterocycles. The van der Waals surface area contributed by atoms with Crippen molar-refractivity contribution >= 4 is 37.3 Å². The third kappa shape index (κ3) is 5.08. The van der Waals surface area contributed by atoms with E-state index < -0.39 is 0 Å². The molecule has 1 N–H and O–H groups in total. The summed E-state index contributed by atoms with van der Waals surface area (Å²) in [6, 6.07) is 6.29. The van der Waals surface area contributed by atoms with Crippen LogP contribution in [-0.4, -0.2) is 33.9 Å². The van der Waals surface area contributed by atoms with Gasteiger partial charge in [0.2, 0.25) is 0 Å². The van der Waals surface area contributed by atoms with E-state index >= 15 is 0 Å². The lowest BCUT2D eigenvalue weighted by Crippen LogP contribution is -2.03. The molecule has 7 heteroatoms. The molecule has 0 radical (unpaired) electrons. The maximum absolute atomic E-state index is 10.3. The van der Waals surface area contributed by atoms with Crippen molar-refractivity contribution in [3.05, 3.63) is 42.5 Å². The van der Waals surface area contributed by atoms with Crippen LogP contribution in [0.25, 0.3) is 5.65 Å². The minimum Gasteiger partial charge on any atom is -0.495 e. The van der Waals surface area contributed by atoms with Crippen molar-refractivity contribution in [1.82, 2.24) is 14.4 Å². The van der Waals surface area contributed by atoms with Crippen LogP contribution in [0.3, 0.4) is 0 Å². The van der Waals surface area contributed by atoms with Gasteiger partial charge in [-0.05, 0) is 42.9 Å². The van der Waals surface area contributed by atoms with Gasteiger partial charge in [-0.1, -0.05) is 28.0 Å². The summed E-state index contributed by atoms with van der Waals surface area (Å²) in [5.41, 5.74) is 2.89. The highest BCUT2D eigenvalue weighted by Crippen LogP contribution is 2.28. The van der Waals surface area contributed by atoms with Crippen LogP contribution in [-0.2, 0) is 11.2 Å². The Morgan fingerprint density at radius 2 is 2.11 bits per heavy atom. The number of aryl methyl sites for hydroxylation is 1. The molecule has 2 aromatic heterocycles. The maximum Gasteiger partial charge on any atom is 0.155 e. The van der Waals surface area contributed by atoms with Gasteiger partial charge >= 0.3 is 0 Å². The molecule has 0 aliphatic carbocycles. The Morgan fingerprint density at radius 3 is 2.89 bits per heavy atom. The summed E-state index contributed by atoms with van der Waals surface area (Å²) in [4.78, 5) is 19.2. The van der Waals surface area contributed by atoms with E-state index in [0.29, 0.717) is 6.42 Å². The lowest BCUT2D eigenvalue weighted by molar-refractivity contribution is -0.107. The molecule has 3 aromatic rings. The van der Waals surface area contributed by atoms with Crippen LogP contribution in [0, 0.1) is 0 Å². The van der Waals surface area contributed by atoms with E-state index in [4.69, 9.17) is 4.74 Å². The number of unbranched alkanes of at least 4 members (excludes halogenated alkanes) is 3. The maximum atomic E-state index is 10.3. The second kappa shape index (κ2) is 10.2. The van der Waals surface area contributed by atoms with Gasteiger partial charge in [0.15, 0.2) is 5.65 Å². The minimum atomic E-state index is 0.677. The zero-order chi connectivity index (χ0) is 19.8. The van der Waals surface area contributed by atoms with Gasteiger partial charge in [0.25, 0.3) is 0 Å². The summed E-state index contributed by atoms with van der Waals surface area (Å²) in [7, 11) is 2.43. The molecular formula is C21H27N4O2P. The molecule has 148 valence electrons. The monoisotopic (exact) mass is 398 g/mol. The van der Waals surface area contributed by atoms with E-state index in [1.807, 2.05) is 18.5 Å². The van der Waals surface area contributed by atoms with Crippen molar-refractivity contribution < 1.29 is 9.53 Å². The molecule has 28 heavy (non-hydrogen) atoms. The van der Waals surface area contributed by atoms with Crippen LogP contribution in [0.2, 0.25) is 0 Å². The predicted octanol–water partition coefficient (Wildman–Crippen LogP) is 4.11. The lowest BCUT2D eigenvalue weighted by Gasteiger charge is -2.13. The summed E-state index contributed by atoms with van der Waals surface area (Å²) in [6.45, 7) is 2.11. The molecule has 0 aliphatic rings. The number of anilines is 2. The zero-order valence-electron chi connectivity index (χ0n) is 16.4. The first kappa shape index (κ1) is 20.3. The lowest BCUT2D eigenvalue weighted by atomic mass is 10.2. The number of imidazole rings is 1. The van der Waals surface area contributed by atoms with Crippen LogP contribution >= 0.6 is 8.58 Å². The smallest absolute Gasteiger partial charge is 0.155 e. The number of nitrogens with zero attached hydrogens (tertiary/aromatic N) is 3. The van der Waals surface area contributed by atoms with Crippen molar-refractivity contribution in [2.24, 2.45) is 0 Å². The van der Waals surface area contributed by atoms with Gasteiger partial charge in [-0.3, -0.25) is 4.40 Å². The first-order chi connectivity index (χ1) is 13.7. The van der Waals surface area contributed by atoms with E-state index in [2.05, 4.69) is 38.7 Å². The number of carbonyl (C=O) groups excluding carboxylic acids is 1. The topological polar surface area (TPSA) is 68.5 Å². The van der Waals surface area contributed by atoms with Gasteiger partial charge in [0, 0.05) is 18.3 Å². The molecular weight excluding hydrogens is 371 g/mol. The summed E-state index contributed by atoms with van der Waals surface area (Å²) >= 11 is 0. The van der Waals surface area contributed by atoms with E-state index in [9.17, 15) is 4.79 Å². The second-order valence-corrected chi connectivity index (χ2v) is 8.02. The number of fused-ring (bicyclic) bond motifs is 1. The van der Waals surface area contributed by atoms with E-state index in [-0.39, 0.29) is 0 Å². The quantitative estimate of drug-likeness (QED) is 0.299. The minimum absolute atomic E-state index is 0.677. The number of aromatic nitrogens is 3. The van der Waals surface area contributed by atoms with Crippen LogP contribution in [0.5, 0.6) is 5.75 Å². The molecule has 1 aromatic carbocycles. The molecule has 0 saturated heterocycles. The number of hydrogen-bond acceptors (Lipinski definition) is 5. The third-order valence-electron chi connectivity index (χ3n) is 4.63. The molecule has 0 fully saturated rings. The number of hydrogen-bond donors (Lipinski definition) is 1. The average Bonchev–Trinajstić information content (AvgIpc) is 3.14. The largest absolute Gasteiger partial charge is 0.495 e. The third-order valence-corrected chi connectivity index (χ3v) is 5.95. The Hall–Kier alpha value is -2.46. The summed E-state index contributed by atoms with van der Waals surface area (Å²) in [5, 5.41) is 4.64. The Bertz CT molecular complexity index is 926. The van der Waals surface area contributed by atoms with Crippen molar-refractivity contribution in [1.29, 1.82) is 0 Å². The summed E-state index contributed by atoms with van der Waals surface area (Å²) in [6.07, 6.45) is 12.6. The highest BCUT2D eigenvalue weighted by Gasteiger charge is 2.08. The fourth-order valence-corrected chi connectivity index (χ4v) is 4.22. The van der Waals surface area contributed by atoms with Gasteiger partial charge in [0.1, 0.15) is 17.9 Å². The normalized spacial score (nSPS) is 11.4. The second-order valence-electron chi connectivity index (χ2n) is 6.59. The molecule has 1 atom stereocenters. The average molecular weight is 398 g/mol. The standard InChI is InChI=1S/C21H27N4O2P/c1-3-16-13-23-21-14-22-20(15-25(16)21)24-18-9-8-17(12-19(18)27-2)28-11-7-5-4-6-10-26/h8-10,12-15,24,28H,3-7,11H2,1-2H3. The first-order valence-corrected chi connectivity index (χ1v) is 10.9. The van der Waals surface area contributed by atoms with E-state index in [1.165, 1.54) is 5.30 Å². The number of nitrogens with one attached hydrogen (secondary N) is 1. The Labute approximate surface area is 167 Å². The van der Waals surface area contributed by atoms with E-state index in [1.54, 1.807) is 13.3 Å². The molecule has 0 saturated carbocycles. The molecule has 6 nitrogen and oxygen atoms in total. The number of ether oxygens (including phenoxy) is 1. The molecule has 0 amide bonds. The molecule has 0 aliphatic heterocycles. The Kier molecular flexibility index (Phi) is 7.38. The summed E-state index contributed by atoms with van der Waals surface area (Å²) in [5.74, 6) is 1.57. The predicted molar refractivity (Wildman–Crippen MR) is 116 cm³/mol. The van der Waals surface area contributed by atoms with Crippen molar-refractivity contribution in [2.45, 2.75) is 39.0 Å². The molecule has 0 spiro atoms. The number of rotatable bonds is 11. The van der Waals surface area contributed by atoms with Crippen molar-refractivity contribution in [3.63, 3.8) is 0 Å². The number of aldehydes is 1. The number of methoxy groups -OCH3 is 1. The van der Waals surface area contributed by atoms with E-state index in [0.717, 1.165) is 75.3 Å².